The van der Waals surface area contributed by atoms with Crippen molar-refractivity contribution in [2.75, 3.05) is 30.9 Å². The Bertz CT molecular complexity index is 434. The van der Waals surface area contributed by atoms with Crippen LogP contribution in [-0.4, -0.2) is 40.9 Å². The fourth-order valence-electron chi connectivity index (χ4n) is 1.67. The molecule has 0 aliphatic heterocycles. The van der Waals surface area contributed by atoms with Crippen LogP contribution >= 0.6 is 0 Å². The third-order valence-electron chi connectivity index (χ3n) is 2.91. The number of hydrazine groups is 1. The lowest BCUT2D eigenvalue weighted by Crippen LogP contribution is -2.32. The molecule has 1 heterocycles. The summed E-state index contributed by atoms with van der Waals surface area (Å²) in [4.78, 5) is 21.7. The molecule has 0 fully saturated rings. The lowest BCUT2D eigenvalue weighted by Gasteiger charge is -2.18. The molecular weight excluding hydrogens is 244 g/mol. The van der Waals surface area contributed by atoms with Gasteiger partial charge >= 0.3 is 0 Å². The summed E-state index contributed by atoms with van der Waals surface area (Å²) >= 11 is 0. The zero-order valence-electron chi connectivity index (χ0n) is 11.9. The van der Waals surface area contributed by atoms with Gasteiger partial charge in [-0.15, -0.1) is 0 Å². The highest BCUT2D eigenvalue weighted by Crippen LogP contribution is 2.27. The number of nitrogens with zero attached hydrogens (tertiary/aromatic N) is 3. The van der Waals surface area contributed by atoms with Gasteiger partial charge in [-0.25, -0.2) is 15.8 Å². The van der Waals surface area contributed by atoms with Gasteiger partial charge in [-0.2, -0.15) is 0 Å². The molecule has 0 spiro atoms. The largest absolute Gasteiger partial charge is 0.361 e. The fourth-order valence-corrected chi connectivity index (χ4v) is 1.67. The van der Waals surface area contributed by atoms with E-state index in [-0.39, 0.29) is 18.4 Å². The molecule has 0 atom stereocenters. The summed E-state index contributed by atoms with van der Waals surface area (Å²) in [6.45, 7) is 6.84. The number of amides is 1. The van der Waals surface area contributed by atoms with Gasteiger partial charge in [-0.1, -0.05) is 13.8 Å². The van der Waals surface area contributed by atoms with Gasteiger partial charge in [-0.05, 0) is 12.8 Å². The maximum atomic E-state index is 11.8. The molecule has 1 amide bonds. The predicted molar refractivity (Wildman–Crippen MR) is 75.7 cm³/mol. The first-order valence-electron chi connectivity index (χ1n) is 6.30. The monoisotopic (exact) mass is 266 g/mol. The van der Waals surface area contributed by atoms with Crippen LogP contribution in [0.3, 0.4) is 0 Å². The zero-order valence-corrected chi connectivity index (χ0v) is 11.9. The van der Waals surface area contributed by atoms with E-state index in [2.05, 4.69) is 20.7 Å². The number of nitrogens with one attached hydrogen (secondary N) is 2. The van der Waals surface area contributed by atoms with Gasteiger partial charge in [0.2, 0.25) is 5.91 Å². The molecule has 106 valence electrons. The average molecular weight is 266 g/mol. The second kappa shape index (κ2) is 6.89. The van der Waals surface area contributed by atoms with Crippen molar-refractivity contribution in [3.8, 4) is 0 Å². The maximum absolute atomic E-state index is 11.8. The molecule has 0 unspecified atom stereocenters. The molecule has 4 N–H and O–H groups in total. The Kier molecular flexibility index (Phi) is 5.50. The van der Waals surface area contributed by atoms with E-state index >= 15 is 0 Å². The molecule has 1 rings (SSSR count). The third kappa shape index (κ3) is 3.78. The summed E-state index contributed by atoms with van der Waals surface area (Å²) in [5, 5.41) is 3.05. The van der Waals surface area contributed by atoms with Gasteiger partial charge in [-0.3, -0.25) is 4.79 Å². The molecule has 0 saturated heterocycles. The first-order chi connectivity index (χ1) is 9.01. The fraction of sp³-hybridized carbons (Fsp3) is 0.583. The minimum Gasteiger partial charge on any atom is -0.361 e. The van der Waals surface area contributed by atoms with Crippen LogP contribution in [0.4, 0.5) is 11.6 Å². The van der Waals surface area contributed by atoms with Crippen molar-refractivity contribution >= 4 is 17.5 Å². The Morgan fingerprint density at radius 1 is 1.42 bits per heavy atom. The molecule has 0 bridgehead atoms. The van der Waals surface area contributed by atoms with E-state index in [1.54, 1.807) is 11.9 Å². The van der Waals surface area contributed by atoms with Crippen LogP contribution in [0.1, 0.15) is 32.3 Å². The van der Waals surface area contributed by atoms with E-state index in [0.717, 1.165) is 5.56 Å². The van der Waals surface area contributed by atoms with Gasteiger partial charge in [0, 0.05) is 19.2 Å². The lowest BCUT2D eigenvalue weighted by atomic mass is 10.0. The van der Waals surface area contributed by atoms with Crippen LogP contribution in [0.2, 0.25) is 0 Å². The number of carbonyl (C=O) groups is 1. The summed E-state index contributed by atoms with van der Waals surface area (Å²) in [5.41, 5.74) is 3.42. The lowest BCUT2D eigenvalue weighted by molar-refractivity contribution is -0.127. The Labute approximate surface area is 113 Å². The molecule has 0 aliphatic carbocycles. The zero-order chi connectivity index (χ0) is 14.4. The van der Waals surface area contributed by atoms with E-state index in [1.807, 2.05) is 20.8 Å². The predicted octanol–water partition coefficient (Wildman–Crippen LogP) is 0.776. The van der Waals surface area contributed by atoms with Crippen LogP contribution in [0.5, 0.6) is 0 Å². The molecule has 1 aromatic rings. The summed E-state index contributed by atoms with van der Waals surface area (Å²) < 4.78 is 0. The van der Waals surface area contributed by atoms with Crippen molar-refractivity contribution in [3.05, 3.63) is 11.9 Å². The number of nitrogens with two attached hydrogens (primary N) is 1. The second-order valence-corrected chi connectivity index (χ2v) is 4.55. The molecule has 7 nitrogen and oxygen atoms in total. The van der Waals surface area contributed by atoms with Crippen molar-refractivity contribution in [2.45, 2.75) is 26.7 Å². The topological polar surface area (TPSA) is 96.2 Å². The molecular formula is C12H22N6O. The Balaban J connectivity index is 2.86. The number of nitrogen functional groups attached to an aromatic ring is 1. The van der Waals surface area contributed by atoms with E-state index in [9.17, 15) is 4.79 Å². The Morgan fingerprint density at radius 2 is 2.05 bits per heavy atom. The molecule has 0 aliphatic rings. The van der Waals surface area contributed by atoms with Crippen LogP contribution < -0.4 is 16.6 Å². The third-order valence-corrected chi connectivity index (χ3v) is 2.91. The van der Waals surface area contributed by atoms with Crippen LogP contribution in [0.25, 0.3) is 0 Å². The summed E-state index contributed by atoms with van der Waals surface area (Å²) in [7, 11) is 1.76. The second-order valence-electron chi connectivity index (χ2n) is 4.55. The van der Waals surface area contributed by atoms with Gasteiger partial charge in [0.1, 0.15) is 18.0 Å². The molecule has 19 heavy (non-hydrogen) atoms. The molecule has 1 aromatic heterocycles. The summed E-state index contributed by atoms with van der Waals surface area (Å²) in [5.74, 6) is 6.85. The summed E-state index contributed by atoms with van der Waals surface area (Å²) in [6.07, 6.45) is 1.41. The molecule has 0 radical (unpaired) electrons. The van der Waals surface area contributed by atoms with Crippen LogP contribution in [0.15, 0.2) is 6.33 Å². The average Bonchev–Trinajstić information content (AvgIpc) is 2.42. The van der Waals surface area contributed by atoms with Crippen LogP contribution in [-0.2, 0) is 4.79 Å². The number of rotatable bonds is 6. The van der Waals surface area contributed by atoms with Crippen LogP contribution in [0, 0.1) is 0 Å². The number of hydrogen-bond donors (Lipinski definition) is 3. The highest BCUT2D eigenvalue weighted by Gasteiger charge is 2.15. The van der Waals surface area contributed by atoms with Gasteiger partial charge in [0.05, 0.1) is 6.54 Å². The number of likely N-dealkylation sites (N-methyl/N-ethyl adjacent to an activating group) is 1. The minimum absolute atomic E-state index is 0.0121. The highest BCUT2D eigenvalue weighted by molar-refractivity contribution is 5.80. The number of anilines is 2. The number of aromatic nitrogens is 2. The molecule has 7 heteroatoms. The first-order valence-corrected chi connectivity index (χ1v) is 6.30. The SMILES string of the molecule is CCN(C)C(=O)CNc1ncnc(NN)c1C(C)C. The van der Waals surface area contributed by atoms with Gasteiger partial charge < -0.3 is 15.6 Å². The van der Waals surface area contributed by atoms with Gasteiger partial charge in [0.25, 0.3) is 0 Å². The molecule has 0 saturated carbocycles. The van der Waals surface area contributed by atoms with Crippen molar-refractivity contribution in [2.24, 2.45) is 5.84 Å². The standard InChI is InChI=1S/C12H22N6O/c1-5-18(4)9(19)6-14-11-10(8(2)3)12(17-13)16-7-15-11/h7-8H,5-6,13H2,1-4H3,(H2,14,15,16,17). The smallest absolute Gasteiger partial charge is 0.241 e. The quantitative estimate of drug-likeness (QED) is 0.520. The number of hydrogen-bond acceptors (Lipinski definition) is 6. The Hall–Kier alpha value is -1.89. The van der Waals surface area contributed by atoms with Crippen molar-refractivity contribution in [1.82, 2.24) is 14.9 Å². The van der Waals surface area contributed by atoms with Gasteiger partial charge in [0.15, 0.2) is 0 Å². The Morgan fingerprint density at radius 3 is 2.58 bits per heavy atom. The highest BCUT2D eigenvalue weighted by atomic mass is 16.2. The van der Waals surface area contributed by atoms with E-state index in [4.69, 9.17) is 5.84 Å². The van der Waals surface area contributed by atoms with E-state index < -0.39 is 0 Å². The number of carbonyl (C=O) groups excluding carboxylic acids is 1. The van der Waals surface area contributed by atoms with Crippen molar-refractivity contribution < 1.29 is 4.79 Å². The van der Waals surface area contributed by atoms with E-state index in [1.165, 1.54) is 6.33 Å². The summed E-state index contributed by atoms with van der Waals surface area (Å²) in [6, 6.07) is 0. The van der Waals surface area contributed by atoms with Crippen molar-refractivity contribution in [1.29, 1.82) is 0 Å². The van der Waals surface area contributed by atoms with E-state index in [0.29, 0.717) is 18.2 Å². The molecule has 0 aromatic carbocycles. The minimum atomic E-state index is 0.0121. The normalized spacial score (nSPS) is 10.4. The van der Waals surface area contributed by atoms with Crippen molar-refractivity contribution in [3.63, 3.8) is 0 Å². The first kappa shape index (κ1) is 15.2. The maximum Gasteiger partial charge on any atom is 0.241 e.